The largest absolute Gasteiger partial charge is 0.290 e. The van der Waals surface area contributed by atoms with Crippen molar-refractivity contribution in [2.45, 2.75) is 13.8 Å². The highest BCUT2D eigenvalue weighted by Gasteiger charge is 2.16. The number of carbonyl (C=O) groups excluding carboxylic acids is 2. The van der Waals surface area contributed by atoms with Gasteiger partial charge in [0.2, 0.25) is 0 Å². The number of nitrogens with zero attached hydrogens (tertiary/aromatic N) is 3. The van der Waals surface area contributed by atoms with Gasteiger partial charge in [-0.1, -0.05) is 18.2 Å². The van der Waals surface area contributed by atoms with Crippen molar-refractivity contribution in [1.29, 1.82) is 0 Å². The number of hydrogen-bond acceptors (Lipinski definition) is 5. The molecule has 0 aliphatic heterocycles. The Kier molecular flexibility index (Phi) is 5.38. The number of rotatable bonds is 3. The topological polar surface area (TPSA) is 122 Å². The van der Waals surface area contributed by atoms with Gasteiger partial charge in [-0.2, -0.15) is 10.2 Å². The van der Waals surface area contributed by atoms with Crippen molar-refractivity contribution in [3.05, 3.63) is 86.0 Å². The van der Waals surface area contributed by atoms with Crippen molar-refractivity contribution in [3.8, 4) is 5.69 Å². The first-order valence-corrected chi connectivity index (χ1v) is 10.1. The molecule has 0 aliphatic carbocycles. The second-order valence-corrected chi connectivity index (χ2v) is 7.59. The summed E-state index contributed by atoms with van der Waals surface area (Å²) in [4.78, 5) is 36.8. The first-order valence-electron chi connectivity index (χ1n) is 9.27. The smallest absolute Gasteiger partial charge is 0.267 e. The zero-order chi connectivity index (χ0) is 22.1. The van der Waals surface area contributed by atoms with Gasteiger partial charge < -0.3 is 0 Å². The third kappa shape index (κ3) is 3.84. The summed E-state index contributed by atoms with van der Waals surface area (Å²) in [7, 11) is 0. The van der Waals surface area contributed by atoms with E-state index in [0.717, 1.165) is 21.5 Å². The minimum atomic E-state index is -0.648. The Bertz CT molecular complexity index is 1370. The zero-order valence-corrected chi connectivity index (χ0v) is 18.1. The molecule has 0 aliphatic rings. The van der Waals surface area contributed by atoms with Gasteiger partial charge in [-0.3, -0.25) is 25.2 Å². The third-order valence-electron chi connectivity index (χ3n) is 4.78. The number of amides is 2. The van der Waals surface area contributed by atoms with Crippen LogP contribution >= 0.6 is 15.9 Å². The molecule has 2 amide bonds. The van der Waals surface area contributed by atoms with E-state index < -0.39 is 17.4 Å². The number of halogens is 1. The van der Waals surface area contributed by atoms with Crippen LogP contribution in [0.2, 0.25) is 0 Å². The van der Waals surface area contributed by atoms with Crippen LogP contribution in [0, 0.1) is 13.8 Å². The molecule has 31 heavy (non-hydrogen) atoms. The monoisotopic (exact) mass is 480 g/mol. The number of hydrazine groups is 1. The van der Waals surface area contributed by atoms with Gasteiger partial charge in [0.1, 0.15) is 0 Å². The Balaban J connectivity index is 1.48. The molecule has 4 aromatic rings. The number of aromatic nitrogens is 4. The van der Waals surface area contributed by atoms with Gasteiger partial charge in [0.15, 0.2) is 5.69 Å². The van der Waals surface area contributed by atoms with E-state index >= 15 is 0 Å². The summed E-state index contributed by atoms with van der Waals surface area (Å²) in [5.41, 5.74) is 7.26. The summed E-state index contributed by atoms with van der Waals surface area (Å²) in [6.07, 6.45) is 0. The van der Waals surface area contributed by atoms with Crippen LogP contribution in [0.25, 0.3) is 16.5 Å². The number of nitrogens with one attached hydrogen (secondary N) is 3. The summed E-state index contributed by atoms with van der Waals surface area (Å²) >= 11 is 3.49. The Morgan fingerprint density at radius 2 is 1.61 bits per heavy atom. The summed E-state index contributed by atoms with van der Waals surface area (Å²) in [5, 5.41) is 11.3. The third-order valence-corrected chi connectivity index (χ3v) is 5.93. The second-order valence-electron chi connectivity index (χ2n) is 6.80. The first kappa shape index (κ1) is 20.5. The lowest BCUT2D eigenvalue weighted by atomic mass is 10.1. The van der Waals surface area contributed by atoms with Gasteiger partial charge in [0, 0.05) is 10.9 Å². The molecule has 3 N–H and O–H groups in total. The Morgan fingerprint density at radius 1 is 0.968 bits per heavy atom. The molecule has 4 rings (SSSR count). The average molecular weight is 481 g/mol. The van der Waals surface area contributed by atoms with Crippen molar-refractivity contribution in [1.82, 2.24) is 30.8 Å². The van der Waals surface area contributed by atoms with Gasteiger partial charge in [0.05, 0.1) is 26.9 Å². The molecule has 0 spiro atoms. The fourth-order valence-electron chi connectivity index (χ4n) is 3.16. The maximum absolute atomic E-state index is 12.5. The number of aromatic amines is 1. The molecule has 0 unspecified atom stereocenters. The van der Waals surface area contributed by atoms with Gasteiger partial charge in [0.25, 0.3) is 17.4 Å². The lowest BCUT2D eigenvalue weighted by Crippen LogP contribution is -2.42. The van der Waals surface area contributed by atoms with Gasteiger partial charge >= 0.3 is 0 Å². The second kappa shape index (κ2) is 8.15. The summed E-state index contributed by atoms with van der Waals surface area (Å²) in [6, 6.07) is 13.4. The van der Waals surface area contributed by atoms with E-state index in [0.29, 0.717) is 16.3 Å². The fourth-order valence-corrected chi connectivity index (χ4v) is 3.41. The van der Waals surface area contributed by atoms with Crippen LogP contribution < -0.4 is 16.4 Å². The molecule has 2 aromatic heterocycles. The zero-order valence-electron chi connectivity index (χ0n) is 16.6. The molecule has 9 nitrogen and oxygen atoms in total. The molecular weight excluding hydrogens is 464 g/mol. The van der Waals surface area contributed by atoms with E-state index in [9.17, 15) is 14.4 Å². The Hall–Kier alpha value is -3.79. The number of carbonyl (C=O) groups is 2. The standard InChI is InChI=1S/C21H17BrN6O3/c1-11-17(22)12(2)28(27-11)14-9-7-13(8-10-14)19(29)24-26-21(31)18-15-5-3-4-6-16(15)20(30)25-23-18/h3-10H,1-2H3,(H,24,29)(H,25,30)(H,26,31). The summed E-state index contributed by atoms with van der Waals surface area (Å²) in [6.45, 7) is 3.84. The van der Waals surface area contributed by atoms with E-state index in [-0.39, 0.29) is 5.69 Å². The van der Waals surface area contributed by atoms with Gasteiger partial charge in [-0.25, -0.2) is 9.78 Å². The molecular formula is C21H17BrN6O3. The highest BCUT2D eigenvalue weighted by Crippen LogP contribution is 2.23. The van der Waals surface area contributed by atoms with E-state index in [4.69, 9.17) is 0 Å². The van der Waals surface area contributed by atoms with E-state index in [1.165, 1.54) is 0 Å². The SMILES string of the molecule is Cc1nn(-c2ccc(C(=O)NNC(=O)c3n[nH]c(=O)c4ccccc34)cc2)c(C)c1Br. The molecule has 0 atom stereocenters. The molecule has 2 heterocycles. The number of aryl methyl sites for hydroxylation is 1. The van der Waals surface area contributed by atoms with Crippen molar-refractivity contribution in [2.75, 3.05) is 0 Å². The van der Waals surface area contributed by atoms with E-state index in [1.807, 2.05) is 13.8 Å². The molecule has 0 fully saturated rings. The summed E-state index contributed by atoms with van der Waals surface area (Å²) in [5.74, 6) is -1.15. The number of hydrogen-bond donors (Lipinski definition) is 3. The minimum Gasteiger partial charge on any atom is -0.267 e. The van der Waals surface area contributed by atoms with Crippen LogP contribution in [0.3, 0.4) is 0 Å². The normalized spacial score (nSPS) is 10.8. The quantitative estimate of drug-likeness (QED) is 0.389. The van der Waals surface area contributed by atoms with E-state index in [2.05, 4.69) is 42.1 Å². The van der Waals surface area contributed by atoms with Crippen molar-refractivity contribution < 1.29 is 9.59 Å². The number of H-pyrrole nitrogens is 1. The van der Waals surface area contributed by atoms with Crippen molar-refractivity contribution in [2.24, 2.45) is 0 Å². The van der Waals surface area contributed by atoms with Gasteiger partial charge in [-0.05, 0) is 60.1 Å². The van der Waals surface area contributed by atoms with Crippen LogP contribution in [-0.2, 0) is 0 Å². The molecule has 0 saturated heterocycles. The predicted octanol–water partition coefficient (Wildman–Crippen LogP) is 2.56. The average Bonchev–Trinajstić information content (AvgIpc) is 3.05. The number of benzene rings is 2. The Morgan fingerprint density at radius 3 is 2.26 bits per heavy atom. The van der Waals surface area contributed by atoms with Gasteiger partial charge in [-0.15, -0.1) is 0 Å². The maximum atomic E-state index is 12.5. The maximum Gasteiger partial charge on any atom is 0.290 e. The highest BCUT2D eigenvalue weighted by atomic mass is 79.9. The molecule has 10 heteroatoms. The first-order chi connectivity index (χ1) is 14.9. The predicted molar refractivity (Wildman–Crippen MR) is 118 cm³/mol. The van der Waals surface area contributed by atoms with E-state index in [1.54, 1.807) is 53.2 Å². The lowest BCUT2D eigenvalue weighted by Gasteiger charge is -2.09. The fraction of sp³-hybridized carbons (Fsp3) is 0.0952. The number of fused-ring (bicyclic) bond motifs is 1. The highest BCUT2D eigenvalue weighted by molar-refractivity contribution is 9.10. The van der Waals surface area contributed by atoms with Crippen LogP contribution in [0.4, 0.5) is 0 Å². The molecule has 2 aromatic carbocycles. The van der Waals surface area contributed by atoms with Crippen LogP contribution in [0.5, 0.6) is 0 Å². The molecule has 0 bridgehead atoms. The molecule has 0 saturated carbocycles. The Labute approximate surface area is 184 Å². The van der Waals surface area contributed by atoms with Crippen LogP contribution in [-0.4, -0.2) is 31.8 Å². The van der Waals surface area contributed by atoms with Crippen molar-refractivity contribution >= 4 is 38.5 Å². The van der Waals surface area contributed by atoms with Crippen molar-refractivity contribution in [3.63, 3.8) is 0 Å². The molecule has 156 valence electrons. The van der Waals surface area contributed by atoms with Crippen LogP contribution in [0.1, 0.15) is 32.2 Å². The molecule has 0 radical (unpaired) electrons. The summed E-state index contributed by atoms with van der Waals surface area (Å²) < 4.78 is 2.70. The van der Waals surface area contributed by atoms with Crippen LogP contribution in [0.15, 0.2) is 57.8 Å². The lowest BCUT2D eigenvalue weighted by molar-refractivity contribution is 0.0844. The minimum absolute atomic E-state index is 0.000882.